The Morgan fingerprint density at radius 2 is 2.56 bits per heavy atom. The second-order valence-corrected chi connectivity index (χ2v) is 3.87. The number of carbonyl (C=O) groups is 1. The van der Waals surface area contributed by atoms with E-state index in [-0.39, 0.29) is 18.1 Å². The molecule has 0 bridgehead atoms. The zero-order valence-corrected chi connectivity index (χ0v) is 9.09. The molecule has 0 spiro atoms. The molecule has 1 fully saturated rings. The number of H-pyrrole nitrogens is 1. The Balaban J connectivity index is 2.06. The van der Waals surface area contributed by atoms with Crippen LogP contribution in [0.1, 0.15) is 17.4 Å². The van der Waals surface area contributed by atoms with Crippen LogP contribution < -0.4 is 5.73 Å². The van der Waals surface area contributed by atoms with Crippen molar-refractivity contribution in [3.63, 3.8) is 0 Å². The monoisotopic (exact) mass is 225 g/mol. The second kappa shape index (κ2) is 4.58. The van der Waals surface area contributed by atoms with Crippen molar-refractivity contribution >= 4 is 5.91 Å². The maximum absolute atomic E-state index is 12.0. The van der Waals surface area contributed by atoms with Crippen molar-refractivity contribution in [2.75, 3.05) is 19.6 Å². The minimum absolute atomic E-state index is 0.00171. The van der Waals surface area contributed by atoms with Crippen LogP contribution in [-0.4, -0.2) is 58.1 Å². The van der Waals surface area contributed by atoms with Crippen LogP contribution in [0.3, 0.4) is 0 Å². The summed E-state index contributed by atoms with van der Waals surface area (Å²) in [6.45, 7) is 3.40. The van der Waals surface area contributed by atoms with E-state index in [1.165, 1.54) is 6.20 Å². The first-order chi connectivity index (χ1) is 7.70. The molecule has 88 valence electrons. The van der Waals surface area contributed by atoms with Gasteiger partial charge in [0, 0.05) is 19.6 Å². The summed E-state index contributed by atoms with van der Waals surface area (Å²) < 4.78 is 5.57. The zero-order chi connectivity index (χ0) is 11.5. The molecule has 7 heteroatoms. The number of amides is 1. The highest BCUT2D eigenvalue weighted by Crippen LogP contribution is 2.12. The third-order valence-corrected chi connectivity index (χ3v) is 2.51. The van der Waals surface area contributed by atoms with E-state index in [0.29, 0.717) is 25.3 Å². The average molecular weight is 225 g/mol. The van der Waals surface area contributed by atoms with Crippen molar-refractivity contribution in [2.24, 2.45) is 5.73 Å². The quantitative estimate of drug-likeness (QED) is 0.672. The molecule has 1 aromatic rings. The Hall–Kier alpha value is -1.47. The third kappa shape index (κ3) is 2.20. The molecule has 0 aliphatic carbocycles. The standard InChI is InChI=1S/C9H15N5O2/c1-6-4-14(5-7(2-10)16-6)9(15)8-3-11-13-12-8/h3,6-7H,2,4-5,10H2,1H3,(H,11,12,13). The number of carbonyl (C=O) groups excluding carboxylic acids is 1. The van der Waals surface area contributed by atoms with E-state index in [0.717, 1.165) is 0 Å². The highest BCUT2D eigenvalue weighted by Gasteiger charge is 2.29. The van der Waals surface area contributed by atoms with Crippen molar-refractivity contribution in [2.45, 2.75) is 19.1 Å². The van der Waals surface area contributed by atoms with Crippen LogP contribution in [0.25, 0.3) is 0 Å². The summed E-state index contributed by atoms with van der Waals surface area (Å²) in [6.07, 6.45) is 1.32. The van der Waals surface area contributed by atoms with Crippen LogP contribution in [0.2, 0.25) is 0 Å². The molecule has 1 aliphatic rings. The van der Waals surface area contributed by atoms with Crippen LogP contribution in [0, 0.1) is 0 Å². The third-order valence-electron chi connectivity index (χ3n) is 2.51. The van der Waals surface area contributed by atoms with Crippen molar-refractivity contribution in [3.8, 4) is 0 Å². The molecule has 1 aliphatic heterocycles. The molecule has 0 saturated carbocycles. The lowest BCUT2D eigenvalue weighted by molar-refractivity contribution is -0.0627. The second-order valence-electron chi connectivity index (χ2n) is 3.87. The van der Waals surface area contributed by atoms with Gasteiger partial charge >= 0.3 is 0 Å². The van der Waals surface area contributed by atoms with Gasteiger partial charge in [-0.3, -0.25) is 4.79 Å². The molecule has 2 atom stereocenters. The first kappa shape index (κ1) is 11.0. The van der Waals surface area contributed by atoms with E-state index >= 15 is 0 Å². The van der Waals surface area contributed by atoms with Gasteiger partial charge < -0.3 is 15.4 Å². The number of nitrogens with zero attached hydrogens (tertiary/aromatic N) is 3. The van der Waals surface area contributed by atoms with E-state index in [2.05, 4.69) is 15.4 Å². The van der Waals surface area contributed by atoms with Gasteiger partial charge in [-0.1, -0.05) is 0 Å². The number of nitrogens with two attached hydrogens (primary N) is 1. The SMILES string of the molecule is CC1CN(C(=O)c2cn[nH]n2)CC(CN)O1. The molecule has 2 unspecified atom stereocenters. The van der Waals surface area contributed by atoms with E-state index < -0.39 is 0 Å². The summed E-state index contributed by atoms with van der Waals surface area (Å²) in [6, 6.07) is 0. The highest BCUT2D eigenvalue weighted by atomic mass is 16.5. The molecule has 1 saturated heterocycles. The van der Waals surface area contributed by atoms with Gasteiger partial charge in [0.1, 0.15) is 0 Å². The Bertz CT molecular complexity index is 353. The average Bonchev–Trinajstić information content (AvgIpc) is 2.80. The van der Waals surface area contributed by atoms with Gasteiger partial charge in [0.25, 0.3) is 5.91 Å². The lowest BCUT2D eigenvalue weighted by Crippen LogP contribution is -2.51. The van der Waals surface area contributed by atoms with Crippen LogP contribution in [0.5, 0.6) is 0 Å². The first-order valence-corrected chi connectivity index (χ1v) is 5.21. The van der Waals surface area contributed by atoms with Gasteiger partial charge in [-0.15, -0.1) is 0 Å². The smallest absolute Gasteiger partial charge is 0.276 e. The maximum Gasteiger partial charge on any atom is 0.276 e. The fraction of sp³-hybridized carbons (Fsp3) is 0.667. The van der Waals surface area contributed by atoms with Gasteiger partial charge in [-0.2, -0.15) is 15.4 Å². The highest BCUT2D eigenvalue weighted by molar-refractivity contribution is 5.92. The number of nitrogens with one attached hydrogen (secondary N) is 1. The fourth-order valence-corrected chi connectivity index (χ4v) is 1.81. The van der Waals surface area contributed by atoms with Crippen molar-refractivity contribution in [3.05, 3.63) is 11.9 Å². The number of aromatic amines is 1. The zero-order valence-electron chi connectivity index (χ0n) is 9.09. The Morgan fingerprint density at radius 1 is 1.75 bits per heavy atom. The minimum Gasteiger partial charge on any atom is -0.370 e. The molecule has 1 aromatic heterocycles. The fourth-order valence-electron chi connectivity index (χ4n) is 1.81. The topological polar surface area (TPSA) is 97.1 Å². The molecular formula is C9H15N5O2. The summed E-state index contributed by atoms with van der Waals surface area (Å²) in [7, 11) is 0. The molecule has 0 radical (unpaired) electrons. The maximum atomic E-state index is 12.0. The number of morpholine rings is 1. The Morgan fingerprint density at radius 3 is 3.19 bits per heavy atom. The predicted molar refractivity (Wildman–Crippen MR) is 55.7 cm³/mol. The molecule has 2 rings (SSSR count). The summed E-state index contributed by atoms with van der Waals surface area (Å²) in [5.74, 6) is -0.137. The molecular weight excluding hydrogens is 210 g/mol. The molecule has 16 heavy (non-hydrogen) atoms. The number of aromatic nitrogens is 3. The molecule has 3 N–H and O–H groups in total. The Kier molecular flexibility index (Phi) is 3.16. The summed E-state index contributed by atoms with van der Waals surface area (Å²) >= 11 is 0. The normalized spacial score (nSPS) is 25.8. The number of hydrogen-bond donors (Lipinski definition) is 2. The van der Waals surface area contributed by atoms with Crippen molar-refractivity contribution in [1.29, 1.82) is 0 Å². The van der Waals surface area contributed by atoms with Gasteiger partial charge in [-0.05, 0) is 6.92 Å². The number of rotatable bonds is 2. The number of hydrogen-bond acceptors (Lipinski definition) is 5. The molecule has 0 aromatic carbocycles. The predicted octanol–water partition coefficient (Wildman–Crippen LogP) is -1.01. The van der Waals surface area contributed by atoms with E-state index in [1.54, 1.807) is 4.90 Å². The Labute approximate surface area is 92.9 Å². The van der Waals surface area contributed by atoms with Crippen LogP contribution in [0.15, 0.2) is 6.20 Å². The van der Waals surface area contributed by atoms with E-state index in [1.807, 2.05) is 6.92 Å². The van der Waals surface area contributed by atoms with Crippen molar-refractivity contribution < 1.29 is 9.53 Å². The summed E-state index contributed by atoms with van der Waals surface area (Å²) in [5, 5.41) is 9.81. The van der Waals surface area contributed by atoms with Gasteiger partial charge in [-0.25, -0.2) is 0 Å². The van der Waals surface area contributed by atoms with Gasteiger partial charge in [0.15, 0.2) is 5.69 Å². The van der Waals surface area contributed by atoms with E-state index in [4.69, 9.17) is 10.5 Å². The van der Waals surface area contributed by atoms with Crippen LogP contribution in [0.4, 0.5) is 0 Å². The number of ether oxygens (including phenoxy) is 1. The first-order valence-electron chi connectivity index (χ1n) is 5.21. The molecule has 1 amide bonds. The van der Waals surface area contributed by atoms with Crippen molar-refractivity contribution in [1.82, 2.24) is 20.3 Å². The van der Waals surface area contributed by atoms with Gasteiger partial charge in [0.2, 0.25) is 0 Å². The van der Waals surface area contributed by atoms with Gasteiger partial charge in [0.05, 0.1) is 18.4 Å². The van der Waals surface area contributed by atoms with Crippen LogP contribution >= 0.6 is 0 Å². The molecule has 7 nitrogen and oxygen atoms in total. The largest absolute Gasteiger partial charge is 0.370 e. The lowest BCUT2D eigenvalue weighted by atomic mass is 10.2. The summed E-state index contributed by atoms with van der Waals surface area (Å²) in [4.78, 5) is 13.7. The van der Waals surface area contributed by atoms with E-state index in [9.17, 15) is 4.79 Å². The van der Waals surface area contributed by atoms with Crippen LogP contribution in [-0.2, 0) is 4.74 Å². The summed E-state index contributed by atoms with van der Waals surface area (Å²) in [5.41, 5.74) is 5.87. The minimum atomic E-state index is -0.137. The lowest BCUT2D eigenvalue weighted by Gasteiger charge is -2.35. The molecule has 2 heterocycles.